The molecule has 0 atom stereocenters. The van der Waals surface area contributed by atoms with Crippen LogP contribution in [0.4, 0.5) is 17.1 Å². The second kappa shape index (κ2) is 16.8. The van der Waals surface area contributed by atoms with Crippen molar-refractivity contribution in [3.8, 4) is 62.4 Å². The fourth-order valence-corrected chi connectivity index (χ4v) is 9.69. The number of hydrogen-bond donors (Lipinski definition) is 0. The summed E-state index contributed by atoms with van der Waals surface area (Å²) in [5.74, 6) is 2.94. The summed E-state index contributed by atoms with van der Waals surface area (Å²) in [6, 6.07) is 50.2. The van der Waals surface area contributed by atoms with Crippen molar-refractivity contribution in [1.82, 2.24) is 14.1 Å². The van der Waals surface area contributed by atoms with Crippen LogP contribution >= 0.6 is 0 Å². The first kappa shape index (κ1) is 33.3. The highest BCUT2D eigenvalue weighted by molar-refractivity contribution is 6.11. The Balaban J connectivity index is 1.07. The van der Waals surface area contributed by atoms with E-state index in [0.29, 0.717) is 62.3 Å². The Bertz CT molecular complexity index is 4540. The van der Waals surface area contributed by atoms with E-state index in [1.54, 1.807) is 22.8 Å². The molecule has 7 nitrogen and oxygen atoms in total. The molecule has 0 bridgehead atoms. The fourth-order valence-electron chi connectivity index (χ4n) is 9.69. The molecule has 0 saturated heterocycles. The molecule has 0 fully saturated rings. The van der Waals surface area contributed by atoms with E-state index < -0.39 is 42.3 Å². The van der Waals surface area contributed by atoms with Crippen LogP contribution in [-0.4, -0.2) is 14.1 Å². The first-order valence-corrected chi connectivity index (χ1v) is 23.3. The Morgan fingerprint density at radius 2 is 1.18 bits per heavy atom. The molecule has 7 heteroatoms. The van der Waals surface area contributed by atoms with E-state index in [1.165, 1.54) is 6.07 Å². The fraction of sp³-hybridized carbons (Fsp3) is 0.0625. The van der Waals surface area contributed by atoms with Crippen molar-refractivity contribution < 1.29 is 26.4 Å². The van der Waals surface area contributed by atoms with Crippen LogP contribution in [0.1, 0.15) is 38.7 Å². The summed E-state index contributed by atoms with van der Waals surface area (Å²) in [5, 5.41) is 1.97. The van der Waals surface area contributed by atoms with Crippen LogP contribution in [0.5, 0.6) is 23.0 Å². The SMILES string of the molecule is [2H]c1cc(-c2cccc(-c3c([2H])c([2H])c([2H])c([2H])c3[2H])c2-[n+]2[c-]n(-c3cccc(N4c5ccccc5Oc5ccccc5Oc5cc6c7ccccc7n(-c7cc(C(C)(C)C)ccn7)c6cc54)c3)c3ccccc32)c([2H])c([2H])c1[2H]. The predicted molar refractivity (Wildman–Crippen MR) is 287 cm³/mol. The number of anilines is 3. The number of aromatic nitrogens is 4. The van der Waals surface area contributed by atoms with Crippen molar-refractivity contribution in [3.63, 3.8) is 0 Å². The molecular formula is C64H47N5O2. The Kier molecular flexibility index (Phi) is 7.88. The minimum absolute atomic E-state index is 0.0869. The van der Waals surface area contributed by atoms with Crippen molar-refractivity contribution in [2.75, 3.05) is 4.90 Å². The maximum Gasteiger partial charge on any atom is 0.269 e. The van der Waals surface area contributed by atoms with Gasteiger partial charge in [-0.25, -0.2) is 4.98 Å². The summed E-state index contributed by atoms with van der Waals surface area (Å²) >= 11 is 0. The zero-order valence-corrected chi connectivity index (χ0v) is 38.8. The van der Waals surface area contributed by atoms with Gasteiger partial charge in [0.05, 0.1) is 57.2 Å². The van der Waals surface area contributed by atoms with E-state index in [1.807, 2.05) is 120 Å². The molecule has 1 aliphatic rings. The number of pyridine rings is 1. The van der Waals surface area contributed by atoms with Gasteiger partial charge in [-0.3, -0.25) is 13.7 Å². The third-order valence-electron chi connectivity index (χ3n) is 13.0. The Hall–Kier alpha value is -9.20. The van der Waals surface area contributed by atoms with Gasteiger partial charge >= 0.3 is 0 Å². The Morgan fingerprint density at radius 1 is 0.521 bits per heavy atom. The maximum absolute atomic E-state index is 9.17. The molecule has 0 radical (unpaired) electrons. The lowest BCUT2D eigenvalue weighted by molar-refractivity contribution is -0.571. The Labute approximate surface area is 425 Å². The normalized spacial score (nSPS) is 14.1. The Morgan fingerprint density at radius 3 is 2.00 bits per heavy atom. The average Bonchev–Trinajstić information content (AvgIpc) is 4.08. The molecule has 12 aromatic rings. The van der Waals surface area contributed by atoms with Gasteiger partial charge in [0.25, 0.3) is 6.33 Å². The molecule has 13 rings (SSSR count). The number of hydrogen-bond acceptors (Lipinski definition) is 4. The highest BCUT2D eigenvalue weighted by Crippen LogP contribution is 2.52. The third-order valence-corrected chi connectivity index (χ3v) is 13.0. The molecule has 0 saturated carbocycles. The van der Waals surface area contributed by atoms with E-state index in [0.717, 1.165) is 33.2 Å². The number of benzene rings is 9. The smallest absolute Gasteiger partial charge is 0.269 e. The number of fused-ring (bicyclic) bond motifs is 7. The largest absolute Gasteiger partial charge is 0.451 e. The molecular weight excluding hydrogens is 871 g/mol. The van der Waals surface area contributed by atoms with Crippen LogP contribution in [0.2, 0.25) is 0 Å². The first-order chi connectivity index (χ1) is 38.6. The second-order valence-electron chi connectivity index (χ2n) is 18.4. The van der Waals surface area contributed by atoms with E-state index in [9.17, 15) is 0 Å². The molecule has 0 spiro atoms. The summed E-state index contributed by atoms with van der Waals surface area (Å²) in [4.78, 5) is 7.11. The number of rotatable bonds is 6. The molecule has 0 aliphatic carbocycles. The summed E-state index contributed by atoms with van der Waals surface area (Å²) < 4.78 is 98.8. The van der Waals surface area contributed by atoms with Crippen LogP contribution < -0.4 is 18.9 Å². The van der Waals surface area contributed by atoms with E-state index in [-0.39, 0.29) is 39.9 Å². The topological polar surface area (TPSA) is 48.3 Å². The van der Waals surface area contributed by atoms with Crippen molar-refractivity contribution in [1.29, 1.82) is 0 Å². The van der Waals surface area contributed by atoms with Gasteiger partial charge in [-0.15, -0.1) is 0 Å². The molecule has 71 heavy (non-hydrogen) atoms. The van der Waals surface area contributed by atoms with Crippen LogP contribution in [0.15, 0.2) is 230 Å². The van der Waals surface area contributed by atoms with Crippen molar-refractivity contribution in [2.24, 2.45) is 0 Å². The lowest BCUT2D eigenvalue weighted by atomic mass is 9.88. The highest BCUT2D eigenvalue weighted by atomic mass is 16.5. The first-order valence-electron chi connectivity index (χ1n) is 27.8. The molecule has 4 heterocycles. The molecule has 0 unspecified atom stereocenters. The van der Waals surface area contributed by atoms with Crippen molar-refractivity contribution >= 4 is 49.9 Å². The van der Waals surface area contributed by atoms with Crippen LogP contribution in [0.3, 0.4) is 0 Å². The minimum Gasteiger partial charge on any atom is -0.451 e. The van der Waals surface area contributed by atoms with Crippen molar-refractivity contribution in [3.05, 3.63) is 242 Å². The second-order valence-corrected chi connectivity index (χ2v) is 18.4. The summed E-state index contributed by atoms with van der Waals surface area (Å²) in [7, 11) is 0. The van der Waals surface area contributed by atoms with E-state index >= 15 is 0 Å². The predicted octanol–water partition coefficient (Wildman–Crippen LogP) is 16.2. The van der Waals surface area contributed by atoms with Gasteiger partial charge in [0.15, 0.2) is 23.0 Å². The zero-order chi connectivity index (χ0) is 55.5. The summed E-state index contributed by atoms with van der Waals surface area (Å²) in [6.07, 6.45) is 5.45. The molecule has 9 aromatic carbocycles. The van der Waals surface area contributed by atoms with Gasteiger partial charge in [-0.05, 0) is 106 Å². The van der Waals surface area contributed by atoms with Crippen LogP contribution in [0, 0.1) is 6.33 Å². The van der Waals surface area contributed by atoms with E-state index in [2.05, 4.69) is 73.0 Å². The quantitative estimate of drug-likeness (QED) is 0.123. The highest BCUT2D eigenvalue weighted by Gasteiger charge is 2.28. The standard InChI is InChI=1S/C64H47N5O2/c1-64(2,3)45-36-37-65-62(38-45)69-52-29-11-10-26-50(52)51-40-61-57(41-56(51)69)68(55-32-14-15-33-58(55)70-59-34-16-17-35-60(59)71-61)47-25-18-24-46(39-47)66-42-67(54-31-13-12-30-53(54)66)63-48(43-20-6-4-7-21-43)27-19-28-49(63)44-22-8-5-9-23-44/h4-41H,1-3H3/i4D,5D,6D,7D,8D,9D,20D,21D,22D. The molecule has 1 aliphatic heterocycles. The molecule has 340 valence electrons. The molecule has 0 amide bonds. The molecule has 0 N–H and O–H groups in total. The summed E-state index contributed by atoms with van der Waals surface area (Å²) in [6.45, 7) is 6.57. The van der Waals surface area contributed by atoms with Gasteiger partial charge in [0, 0.05) is 22.7 Å². The molecule has 3 aromatic heterocycles. The minimum atomic E-state index is -0.549. The monoisotopic (exact) mass is 926 g/mol. The lowest BCUT2D eigenvalue weighted by Crippen LogP contribution is -2.31. The lowest BCUT2D eigenvalue weighted by Gasteiger charge is -2.28. The summed E-state index contributed by atoms with van der Waals surface area (Å²) in [5.41, 5.74) is 7.76. The van der Waals surface area contributed by atoms with Gasteiger partial charge < -0.3 is 14.4 Å². The van der Waals surface area contributed by atoms with Gasteiger partial charge in [-0.1, -0.05) is 172 Å². The number of para-hydroxylation sites is 8. The van der Waals surface area contributed by atoms with Crippen LogP contribution in [-0.2, 0) is 5.41 Å². The number of imidazole rings is 1. The van der Waals surface area contributed by atoms with Gasteiger partial charge in [0.1, 0.15) is 5.82 Å². The third kappa shape index (κ3) is 7.21. The van der Waals surface area contributed by atoms with E-state index in [4.69, 9.17) is 26.8 Å². The van der Waals surface area contributed by atoms with Crippen LogP contribution in [0.25, 0.3) is 72.3 Å². The zero-order valence-electron chi connectivity index (χ0n) is 47.8. The van der Waals surface area contributed by atoms with Gasteiger partial charge in [0.2, 0.25) is 0 Å². The average molecular weight is 927 g/mol. The van der Waals surface area contributed by atoms with Crippen molar-refractivity contribution in [2.45, 2.75) is 26.2 Å². The number of ether oxygens (including phenoxy) is 2. The number of nitrogens with zero attached hydrogens (tertiary/aromatic N) is 5. The van der Waals surface area contributed by atoms with Gasteiger partial charge in [-0.2, -0.15) is 0 Å². The maximum atomic E-state index is 9.17.